The molecule has 0 unspecified atom stereocenters. The summed E-state index contributed by atoms with van der Waals surface area (Å²) in [4.78, 5) is 10.9. The van der Waals surface area contributed by atoms with Crippen LogP contribution >= 0.6 is 15.9 Å². The highest BCUT2D eigenvalue weighted by Crippen LogP contribution is 2.30. The van der Waals surface area contributed by atoms with Crippen LogP contribution in [0.3, 0.4) is 0 Å². The quantitative estimate of drug-likeness (QED) is 0.723. The Bertz CT molecular complexity index is 639. The predicted molar refractivity (Wildman–Crippen MR) is 72.7 cm³/mol. The molecule has 0 bridgehead atoms. The van der Waals surface area contributed by atoms with Gasteiger partial charge >= 0.3 is 6.36 Å². The second-order valence-electron chi connectivity index (χ2n) is 3.92. The Kier molecular flexibility index (Phi) is 4.52. The summed E-state index contributed by atoms with van der Waals surface area (Å²) in [5.74, 6) is 0.231. The van der Waals surface area contributed by atoms with E-state index in [0.29, 0.717) is 22.1 Å². The van der Waals surface area contributed by atoms with Crippen LogP contribution in [0, 0.1) is 0 Å². The smallest absolute Gasteiger partial charge is 0.457 e. The first-order valence-corrected chi connectivity index (χ1v) is 6.45. The monoisotopic (exact) mass is 360 g/mol. The van der Waals surface area contributed by atoms with Crippen LogP contribution < -0.4 is 9.47 Å². The summed E-state index contributed by atoms with van der Waals surface area (Å²) in [5, 5.41) is 0. The molecule has 2 aromatic carbocycles. The van der Waals surface area contributed by atoms with E-state index in [9.17, 15) is 18.0 Å². The molecule has 0 fully saturated rings. The summed E-state index contributed by atoms with van der Waals surface area (Å²) >= 11 is 3.24. The van der Waals surface area contributed by atoms with Gasteiger partial charge in [-0.05, 0) is 42.5 Å². The molecular weight excluding hydrogens is 353 g/mol. The van der Waals surface area contributed by atoms with Gasteiger partial charge < -0.3 is 9.47 Å². The van der Waals surface area contributed by atoms with Crippen molar-refractivity contribution in [1.29, 1.82) is 0 Å². The highest BCUT2D eigenvalue weighted by molar-refractivity contribution is 9.10. The van der Waals surface area contributed by atoms with Crippen LogP contribution in [0.2, 0.25) is 0 Å². The molecule has 3 nitrogen and oxygen atoms in total. The van der Waals surface area contributed by atoms with Crippen LogP contribution in [0.1, 0.15) is 10.4 Å². The second-order valence-corrected chi connectivity index (χ2v) is 4.84. The van der Waals surface area contributed by atoms with Gasteiger partial charge in [0.05, 0.1) is 5.56 Å². The summed E-state index contributed by atoms with van der Waals surface area (Å²) in [6.45, 7) is 0. The highest BCUT2D eigenvalue weighted by atomic mass is 79.9. The number of benzene rings is 2. The van der Waals surface area contributed by atoms with Gasteiger partial charge in [0.15, 0.2) is 6.29 Å². The lowest BCUT2D eigenvalue weighted by Crippen LogP contribution is -2.16. The van der Waals surface area contributed by atoms with E-state index in [1.54, 1.807) is 18.2 Å². The number of aldehydes is 1. The molecule has 0 heterocycles. The van der Waals surface area contributed by atoms with Crippen molar-refractivity contribution in [2.45, 2.75) is 6.36 Å². The van der Waals surface area contributed by atoms with E-state index in [1.165, 1.54) is 12.1 Å². The Morgan fingerprint density at radius 3 is 2.19 bits per heavy atom. The van der Waals surface area contributed by atoms with E-state index in [4.69, 9.17) is 4.74 Å². The molecule has 0 atom stereocenters. The second kappa shape index (κ2) is 6.17. The van der Waals surface area contributed by atoms with E-state index in [1.807, 2.05) is 0 Å². The lowest BCUT2D eigenvalue weighted by Gasteiger charge is -2.11. The molecule has 0 spiro atoms. The zero-order valence-electron chi connectivity index (χ0n) is 10.4. The standard InChI is InChI=1S/C14H8BrF3O3/c15-10-2-1-9(8-19)13(7-10)20-11-3-5-12(6-4-11)21-14(16,17)18/h1-8H. The summed E-state index contributed by atoms with van der Waals surface area (Å²) in [6, 6.07) is 9.71. The van der Waals surface area contributed by atoms with Gasteiger partial charge in [-0.1, -0.05) is 15.9 Å². The van der Waals surface area contributed by atoms with Crippen molar-refractivity contribution in [2.24, 2.45) is 0 Å². The summed E-state index contributed by atoms with van der Waals surface area (Å²) in [5.41, 5.74) is 0.328. The van der Waals surface area contributed by atoms with Gasteiger partial charge in [0, 0.05) is 4.47 Å². The number of alkyl halides is 3. The summed E-state index contributed by atoms with van der Waals surface area (Å²) < 4.78 is 46.0. The predicted octanol–water partition coefficient (Wildman–Crippen LogP) is 4.95. The normalized spacial score (nSPS) is 11.0. The van der Waals surface area contributed by atoms with Crippen molar-refractivity contribution < 1.29 is 27.4 Å². The SMILES string of the molecule is O=Cc1ccc(Br)cc1Oc1ccc(OC(F)(F)F)cc1. The van der Waals surface area contributed by atoms with Crippen LogP contribution in [0.15, 0.2) is 46.9 Å². The fourth-order valence-corrected chi connectivity index (χ4v) is 1.87. The number of carbonyl (C=O) groups is 1. The van der Waals surface area contributed by atoms with Crippen LogP contribution in [0.4, 0.5) is 13.2 Å². The molecule has 0 saturated heterocycles. The van der Waals surface area contributed by atoms with Crippen molar-refractivity contribution in [2.75, 3.05) is 0 Å². The topological polar surface area (TPSA) is 35.5 Å². The number of ether oxygens (including phenoxy) is 2. The fraction of sp³-hybridized carbons (Fsp3) is 0.0714. The molecule has 0 aliphatic carbocycles. The van der Waals surface area contributed by atoms with Gasteiger partial charge in [0.1, 0.15) is 17.2 Å². The zero-order chi connectivity index (χ0) is 15.5. The van der Waals surface area contributed by atoms with Crippen LogP contribution in [0.25, 0.3) is 0 Å². The number of hydrogen-bond acceptors (Lipinski definition) is 3. The van der Waals surface area contributed by atoms with Crippen LogP contribution in [-0.2, 0) is 0 Å². The molecule has 0 radical (unpaired) electrons. The minimum Gasteiger partial charge on any atom is -0.457 e. The highest BCUT2D eigenvalue weighted by Gasteiger charge is 2.30. The Labute approximate surface area is 126 Å². The van der Waals surface area contributed by atoms with E-state index in [0.717, 1.165) is 12.1 Å². The van der Waals surface area contributed by atoms with Crippen LogP contribution in [-0.4, -0.2) is 12.6 Å². The Morgan fingerprint density at radius 1 is 1.00 bits per heavy atom. The Morgan fingerprint density at radius 2 is 1.62 bits per heavy atom. The average molecular weight is 361 g/mol. The van der Waals surface area contributed by atoms with Crippen molar-refractivity contribution in [3.05, 3.63) is 52.5 Å². The molecule has 0 aliphatic rings. The first-order chi connectivity index (χ1) is 9.87. The minimum atomic E-state index is -4.74. The molecule has 0 N–H and O–H groups in total. The average Bonchev–Trinajstić information content (AvgIpc) is 2.40. The molecule has 21 heavy (non-hydrogen) atoms. The lowest BCUT2D eigenvalue weighted by atomic mass is 10.2. The Balaban J connectivity index is 2.17. The number of halogens is 4. The maximum atomic E-state index is 12.0. The molecule has 2 aromatic rings. The van der Waals surface area contributed by atoms with Crippen molar-refractivity contribution >= 4 is 22.2 Å². The molecule has 2 rings (SSSR count). The molecule has 0 aromatic heterocycles. The van der Waals surface area contributed by atoms with Gasteiger partial charge in [-0.25, -0.2) is 0 Å². The fourth-order valence-electron chi connectivity index (χ4n) is 1.53. The minimum absolute atomic E-state index is 0.283. The van der Waals surface area contributed by atoms with E-state index < -0.39 is 6.36 Å². The molecule has 110 valence electrons. The van der Waals surface area contributed by atoms with E-state index >= 15 is 0 Å². The number of hydrogen-bond donors (Lipinski definition) is 0. The lowest BCUT2D eigenvalue weighted by molar-refractivity contribution is -0.274. The molecule has 7 heteroatoms. The third kappa shape index (κ3) is 4.49. The van der Waals surface area contributed by atoms with Crippen molar-refractivity contribution in [1.82, 2.24) is 0 Å². The first kappa shape index (κ1) is 15.4. The largest absolute Gasteiger partial charge is 0.573 e. The van der Waals surface area contributed by atoms with Gasteiger partial charge in [-0.15, -0.1) is 13.2 Å². The van der Waals surface area contributed by atoms with E-state index in [2.05, 4.69) is 20.7 Å². The van der Waals surface area contributed by atoms with Gasteiger partial charge in [-0.3, -0.25) is 4.79 Å². The van der Waals surface area contributed by atoms with E-state index in [-0.39, 0.29) is 11.5 Å². The van der Waals surface area contributed by atoms with Gasteiger partial charge in [-0.2, -0.15) is 0 Å². The van der Waals surface area contributed by atoms with Crippen molar-refractivity contribution in [3.8, 4) is 17.2 Å². The molecule has 0 aliphatic heterocycles. The maximum Gasteiger partial charge on any atom is 0.573 e. The maximum absolute atomic E-state index is 12.0. The third-order valence-corrected chi connectivity index (χ3v) is 2.88. The third-order valence-electron chi connectivity index (χ3n) is 2.39. The van der Waals surface area contributed by atoms with Crippen LogP contribution in [0.5, 0.6) is 17.2 Å². The van der Waals surface area contributed by atoms with Gasteiger partial charge in [0.2, 0.25) is 0 Å². The molecule has 0 amide bonds. The summed E-state index contributed by atoms with van der Waals surface area (Å²) in [6.07, 6.45) is -4.11. The molecular formula is C14H8BrF3O3. The van der Waals surface area contributed by atoms with Gasteiger partial charge in [0.25, 0.3) is 0 Å². The first-order valence-electron chi connectivity index (χ1n) is 5.66. The Hall–Kier alpha value is -2.02. The summed E-state index contributed by atoms with van der Waals surface area (Å²) in [7, 11) is 0. The number of carbonyl (C=O) groups excluding carboxylic acids is 1. The number of rotatable bonds is 4. The molecule has 0 saturated carbocycles. The van der Waals surface area contributed by atoms with Crippen molar-refractivity contribution in [3.63, 3.8) is 0 Å². The zero-order valence-corrected chi connectivity index (χ0v) is 11.9.